The maximum atomic E-state index is 13.5. The van der Waals surface area contributed by atoms with Gasteiger partial charge in [-0.15, -0.1) is 5.10 Å². The van der Waals surface area contributed by atoms with Gasteiger partial charge in [-0.2, -0.15) is 0 Å². The number of anilines is 2. The number of carbonyl (C=O) groups is 2. The SMILES string of the molecule is CC1CCC(C(=O)N(c2nn(-c3ccc(-c4nc5c(N)cccc5o4)cc3)cc2C(=O)O)C(C)C)CC1. The fraction of sp³-hybridized carbons (Fsp3) is 0.357. The number of carbonyl (C=O) groups excluding carboxylic acids is 1. The number of carboxylic acid groups (broad SMARTS) is 1. The molecule has 3 N–H and O–H groups in total. The highest BCUT2D eigenvalue weighted by Crippen LogP contribution is 2.33. The molecule has 1 aliphatic carbocycles. The molecule has 0 aliphatic heterocycles. The van der Waals surface area contributed by atoms with Gasteiger partial charge in [-0.25, -0.2) is 14.5 Å². The lowest BCUT2D eigenvalue weighted by atomic mass is 9.82. The number of amides is 1. The summed E-state index contributed by atoms with van der Waals surface area (Å²) < 4.78 is 7.35. The van der Waals surface area contributed by atoms with Crippen molar-refractivity contribution in [1.82, 2.24) is 14.8 Å². The summed E-state index contributed by atoms with van der Waals surface area (Å²) in [6.45, 7) is 5.97. The Morgan fingerprint density at radius 1 is 1.11 bits per heavy atom. The van der Waals surface area contributed by atoms with E-state index >= 15 is 0 Å². The zero-order valence-electron chi connectivity index (χ0n) is 21.2. The molecular weight excluding hydrogens is 470 g/mol. The number of nitrogens with two attached hydrogens (primary N) is 1. The molecule has 1 saturated carbocycles. The van der Waals surface area contributed by atoms with Crippen LogP contribution in [0.3, 0.4) is 0 Å². The van der Waals surface area contributed by atoms with E-state index in [-0.39, 0.29) is 29.2 Å². The highest BCUT2D eigenvalue weighted by molar-refractivity contribution is 6.01. The van der Waals surface area contributed by atoms with Crippen molar-refractivity contribution in [1.29, 1.82) is 0 Å². The highest BCUT2D eigenvalue weighted by Gasteiger charge is 2.34. The number of carboxylic acids is 1. The van der Waals surface area contributed by atoms with Crippen molar-refractivity contribution in [3.63, 3.8) is 0 Å². The number of oxazole rings is 1. The number of nitrogens with zero attached hydrogens (tertiary/aromatic N) is 4. The fourth-order valence-corrected chi connectivity index (χ4v) is 4.98. The van der Waals surface area contributed by atoms with E-state index in [1.807, 2.05) is 38.1 Å². The molecule has 0 unspecified atom stereocenters. The summed E-state index contributed by atoms with van der Waals surface area (Å²) in [5.41, 5.74) is 9.14. The van der Waals surface area contributed by atoms with Gasteiger partial charge in [0.2, 0.25) is 11.8 Å². The van der Waals surface area contributed by atoms with Crippen molar-refractivity contribution in [2.45, 2.75) is 52.5 Å². The van der Waals surface area contributed by atoms with E-state index < -0.39 is 5.97 Å². The number of hydrogen-bond donors (Lipinski definition) is 2. The summed E-state index contributed by atoms with van der Waals surface area (Å²) >= 11 is 0. The number of para-hydroxylation sites is 1. The third-order valence-corrected chi connectivity index (χ3v) is 7.10. The van der Waals surface area contributed by atoms with Crippen molar-refractivity contribution < 1.29 is 19.1 Å². The summed E-state index contributed by atoms with van der Waals surface area (Å²) in [6.07, 6.45) is 5.09. The van der Waals surface area contributed by atoms with Gasteiger partial charge in [0.05, 0.1) is 11.4 Å². The van der Waals surface area contributed by atoms with Gasteiger partial charge < -0.3 is 15.3 Å². The number of benzene rings is 2. The summed E-state index contributed by atoms with van der Waals surface area (Å²) in [5, 5.41) is 14.5. The molecule has 0 atom stereocenters. The van der Waals surface area contributed by atoms with Crippen LogP contribution in [-0.2, 0) is 4.79 Å². The first-order chi connectivity index (χ1) is 17.7. The number of aromatic carboxylic acids is 1. The Balaban J connectivity index is 1.46. The second kappa shape index (κ2) is 9.72. The topological polar surface area (TPSA) is 127 Å². The van der Waals surface area contributed by atoms with Crippen LogP contribution in [0.1, 0.15) is 56.8 Å². The molecule has 9 nitrogen and oxygen atoms in total. The van der Waals surface area contributed by atoms with Gasteiger partial charge in [-0.3, -0.25) is 9.69 Å². The number of fused-ring (bicyclic) bond motifs is 1. The molecule has 1 aliphatic rings. The molecule has 0 spiro atoms. The molecule has 2 aromatic carbocycles. The van der Waals surface area contributed by atoms with Crippen LogP contribution < -0.4 is 10.6 Å². The first-order valence-electron chi connectivity index (χ1n) is 12.6. The van der Waals surface area contributed by atoms with Gasteiger partial charge in [0, 0.05) is 23.7 Å². The van der Waals surface area contributed by atoms with E-state index in [0.29, 0.717) is 34.3 Å². The Morgan fingerprint density at radius 2 is 1.81 bits per heavy atom. The van der Waals surface area contributed by atoms with Gasteiger partial charge in [0.15, 0.2) is 11.4 Å². The Bertz CT molecular complexity index is 1450. The van der Waals surface area contributed by atoms with Crippen LogP contribution in [0.2, 0.25) is 0 Å². The monoisotopic (exact) mass is 501 g/mol. The summed E-state index contributed by atoms with van der Waals surface area (Å²) in [4.78, 5) is 31.7. The average Bonchev–Trinajstić information content (AvgIpc) is 3.50. The Hall–Kier alpha value is -4.14. The first-order valence-corrected chi connectivity index (χ1v) is 12.6. The van der Waals surface area contributed by atoms with Crippen LogP contribution >= 0.6 is 0 Å². The zero-order valence-corrected chi connectivity index (χ0v) is 21.2. The smallest absolute Gasteiger partial charge is 0.341 e. The summed E-state index contributed by atoms with van der Waals surface area (Å²) in [6, 6.07) is 12.4. The minimum Gasteiger partial charge on any atom is -0.477 e. The number of nitrogen functional groups attached to an aromatic ring is 1. The molecule has 5 rings (SSSR count). The lowest BCUT2D eigenvalue weighted by Gasteiger charge is -2.32. The number of rotatable bonds is 6. The van der Waals surface area contributed by atoms with Crippen LogP contribution in [-0.4, -0.2) is 37.8 Å². The van der Waals surface area contributed by atoms with Crippen molar-refractivity contribution in [2.24, 2.45) is 11.8 Å². The number of hydrogen-bond acceptors (Lipinski definition) is 6. The molecule has 0 saturated heterocycles. The predicted octanol–water partition coefficient (Wildman–Crippen LogP) is 5.53. The minimum absolute atomic E-state index is 0.00951. The molecule has 0 radical (unpaired) electrons. The maximum absolute atomic E-state index is 13.5. The van der Waals surface area contributed by atoms with Gasteiger partial charge >= 0.3 is 5.97 Å². The maximum Gasteiger partial charge on any atom is 0.341 e. The number of aromatic nitrogens is 3. The van der Waals surface area contributed by atoms with Gasteiger partial charge in [-0.05, 0) is 81.8 Å². The highest BCUT2D eigenvalue weighted by atomic mass is 16.4. The fourth-order valence-electron chi connectivity index (χ4n) is 4.98. The Kier molecular flexibility index (Phi) is 6.45. The van der Waals surface area contributed by atoms with E-state index in [2.05, 4.69) is 17.0 Å². The first kappa shape index (κ1) is 24.5. The molecule has 37 heavy (non-hydrogen) atoms. The van der Waals surface area contributed by atoms with E-state index in [1.165, 1.54) is 10.9 Å². The molecule has 2 aromatic heterocycles. The quantitative estimate of drug-likeness (QED) is 0.333. The van der Waals surface area contributed by atoms with Gasteiger partial charge in [0.1, 0.15) is 11.1 Å². The van der Waals surface area contributed by atoms with Crippen LogP contribution in [0.5, 0.6) is 0 Å². The van der Waals surface area contributed by atoms with Crippen LogP contribution in [0.25, 0.3) is 28.2 Å². The van der Waals surface area contributed by atoms with Gasteiger partial charge in [-0.1, -0.05) is 13.0 Å². The third kappa shape index (κ3) is 4.69. The van der Waals surface area contributed by atoms with Crippen molar-refractivity contribution in [2.75, 3.05) is 10.6 Å². The van der Waals surface area contributed by atoms with Crippen molar-refractivity contribution in [3.8, 4) is 17.1 Å². The van der Waals surface area contributed by atoms with Gasteiger partial charge in [0.25, 0.3) is 0 Å². The zero-order chi connectivity index (χ0) is 26.3. The second-order valence-electron chi connectivity index (χ2n) is 10.1. The summed E-state index contributed by atoms with van der Waals surface area (Å²) in [5.74, 6) is -0.0804. The predicted molar refractivity (Wildman–Crippen MR) is 142 cm³/mol. The minimum atomic E-state index is -1.13. The molecule has 0 bridgehead atoms. The van der Waals surface area contributed by atoms with E-state index in [0.717, 1.165) is 31.2 Å². The standard InChI is InChI=1S/C28H31N5O4/c1-16(2)33(27(34)19-9-7-17(3)8-10-19)25-21(28(35)36)15-32(31-25)20-13-11-18(12-14-20)26-30-24-22(29)5-4-6-23(24)37-26/h4-6,11-17,19H,7-10,29H2,1-3H3,(H,35,36). The Labute approximate surface area is 214 Å². The normalized spacial score (nSPS) is 17.8. The van der Waals surface area contributed by atoms with Crippen LogP contribution in [0.15, 0.2) is 53.1 Å². The van der Waals surface area contributed by atoms with E-state index in [1.54, 1.807) is 23.1 Å². The molecule has 4 aromatic rings. The van der Waals surface area contributed by atoms with Crippen molar-refractivity contribution >= 4 is 34.5 Å². The lowest BCUT2D eigenvalue weighted by molar-refractivity contribution is -0.124. The molecule has 1 fully saturated rings. The summed E-state index contributed by atoms with van der Waals surface area (Å²) in [7, 11) is 0. The van der Waals surface area contributed by atoms with E-state index in [4.69, 9.17) is 10.2 Å². The molecule has 2 heterocycles. The van der Waals surface area contributed by atoms with Crippen LogP contribution in [0.4, 0.5) is 11.5 Å². The van der Waals surface area contributed by atoms with Crippen LogP contribution in [0, 0.1) is 11.8 Å². The second-order valence-corrected chi connectivity index (χ2v) is 10.1. The van der Waals surface area contributed by atoms with Crippen molar-refractivity contribution in [3.05, 3.63) is 54.2 Å². The average molecular weight is 502 g/mol. The largest absolute Gasteiger partial charge is 0.477 e. The van der Waals surface area contributed by atoms with E-state index in [9.17, 15) is 14.7 Å². The lowest BCUT2D eigenvalue weighted by Crippen LogP contribution is -2.43. The molecule has 9 heteroatoms. The molecular formula is C28H31N5O4. The third-order valence-electron chi connectivity index (χ3n) is 7.10. The Morgan fingerprint density at radius 3 is 2.43 bits per heavy atom. The molecule has 192 valence electrons. The molecule has 1 amide bonds.